The van der Waals surface area contributed by atoms with E-state index in [1.807, 2.05) is 31.2 Å². The van der Waals surface area contributed by atoms with E-state index in [1.54, 1.807) is 19.1 Å². The molecule has 0 spiro atoms. The molecule has 0 aliphatic rings. The standard InChI is InChI=1S/C15H18O3/c1-3-18-15(17)12(2)6-4-7-13-8-5-9-14(10-13)11-16/h4-5,7-12H,3,6H2,1-2H3/b7-4+. The van der Waals surface area contributed by atoms with Crippen molar-refractivity contribution in [1.82, 2.24) is 0 Å². The zero-order chi connectivity index (χ0) is 13.4. The summed E-state index contributed by atoms with van der Waals surface area (Å²) in [4.78, 5) is 22.0. The van der Waals surface area contributed by atoms with Crippen LogP contribution < -0.4 is 0 Å². The van der Waals surface area contributed by atoms with Crippen LogP contribution >= 0.6 is 0 Å². The van der Waals surface area contributed by atoms with Crippen molar-refractivity contribution < 1.29 is 14.3 Å². The Hall–Kier alpha value is -1.90. The van der Waals surface area contributed by atoms with Crippen LogP contribution in [0.4, 0.5) is 0 Å². The predicted octanol–water partition coefficient (Wildman–Crippen LogP) is 3.10. The highest BCUT2D eigenvalue weighted by atomic mass is 16.5. The molecule has 96 valence electrons. The lowest BCUT2D eigenvalue weighted by Crippen LogP contribution is -2.13. The van der Waals surface area contributed by atoms with Gasteiger partial charge in [-0.15, -0.1) is 0 Å². The summed E-state index contributed by atoms with van der Waals surface area (Å²) in [5.74, 6) is -0.320. The molecule has 0 N–H and O–H groups in total. The quantitative estimate of drug-likeness (QED) is 0.572. The summed E-state index contributed by atoms with van der Waals surface area (Å²) in [6.07, 6.45) is 5.27. The van der Waals surface area contributed by atoms with E-state index in [0.717, 1.165) is 11.8 Å². The Kier molecular flexibility index (Phi) is 5.85. The van der Waals surface area contributed by atoms with Crippen molar-refractivity contribution >= 4 is 18.3 Å². The molecule has 0 saturated carbocycles. The highest BCUT2D eigenvalue weighted by Gasteiger charge is 2.11. The molecular formula is C15H18O3. The maximum atomic E-state index is 11.4. The van der Waals surface area contributed by atoms with E-state index >= 15 is 0 Å². The monoisotopic (exact) mass is 246 g/mol. The van der Waals surface area contributed by atoms with Crippen LogP contribution in [0.1, 0.15) is 36.2 Å². The molecule has 3 heteroatoms. The van der Waals surface area contributed by atoms with E-state index in [-0.39, 0.29) is 11.9 Å². The minimum atomic E-state index is -0.177. The molecule has 0 heterocycles. The molecule has 0 radical (unpaired) electrons. The number of allylic oxidation sites excluding steroid dienone is 1. The Morgan fingerprint density at radius 2 is 2.11 bits per heavy atom. The summed E-state index contributed by atoms with van der Waals surface area (Å²) in [5, 5.41) is 0. The second kappa shape index (κ2) is 7.43. The van der Waals surface area contributed by atoms with Crippen LogP contribution in [0.3, 0.4) is 0 Å². The fourth-order valence-corrected chi connectivity index (χ4v) is 1.52. The maximum Gasteiger partial charge on any atom is 0.308 e. The lowest BCUT2D eigenvalue weighted by molar-refractivity contribution is -0.147. The second-order valence-electron chi connectivity index (χ2n) is 4.08. The number of carbonyl (C=O) groups is 2. The van der Waals surface area contributed by atoms with Gasteiger partial charge in [-0.3, -0.25) is 9.59 Å². The Morgan fingerprint density at radius 3 is 2.78 bits per heavy atom. The molecule has 1 atom stereocenters. The summed E-state index contributed by atoms with van der Waals surface area (Å²) >= 11 is 0. The van der Waals surface area contributed by atoms with E-state index in [0.29, 0.717) is 18.6 Å². The first kappa shape index (κ1) is 14.2. The normalized spacial score (nSPS) is 12.3. The molecule has 0 aromatic heterocycles. The Bertz CT molecular complexity index is 435. The van der Waals surface area contributed by atoms with Crippen LogP contribution in [-0.2, 0) is 9.53 Å². The Labute approximate surface area is 107 Å². The SMILES string of the molecule is CCOC(=O)C(C)C/C=C/c1cccc(C=O)c1. The van der Waals surface area contributed by atoms with Gasteiger partial charge in [0.1, 0.15) is 6.29 Å². The van der Waals surface area contributed by atoms with Crippen LogP contribution in [0, 0.1) is 5.92 Å². The third kappa shape index (κ3) is 4.53. The topological polar surface area (TPSA) is 43.4 Å². The number of ether oxygens (including phenoxy) is 1. The highest BCUT2D eigenvalue weighted by Crippen LogP contribution is 2.10. The third-order valence-corrected chi connectivity index (χ3v) is 2.54. The molecule has 0 fully saturated rings. The molecule has 18 heavy (non-hydrogen) atoms. The summed E-state index contributed by atoms with van der Waals surface area (Å²) in [5.41, 5.74) is 1.60. The van der Waals surface area contributed by atoms with Crippen molar-refractivity contribution in [3.8, 4) is 0 Å². The van der Waals surface area contributed by atoms with Crippen molar-refractivity contribution in [2.24, 2.45) is 5.92 Å². The number of rotatable bonds is 6. The molecule has 1 aromatic carbocycles. The van der Waals surface area contributed by atoms with Gasteiger partial charge in [-0.2, -0.15) is 0 Å². The second-order valence-corrected chi connectivity index (χ2v) is 4.08. The van der Waals surface area contributed by atoms with Crippen molar-refractivity contribution in [3.05, 3.63) is 41.5 Å². The van der Waals surface area contributed by atoms with Crippen LogP contribution in [0.15, 0.2) is 30.3 Å². The smallest absolute Gasteiger partial charge is 0.308 e. The molecule has 0 aliphatic heterocycles. The fraction of sp³-hybridized carbons (Fsp3) is 0.333. The van der Waals surface area contributed by atoms with Crippen LogP contribution in [0.25, 0.3) is 6.08 Å². The van der Waals surface area contributed by atoms with E-state index in [2.05, 4.69) is 0 Å². The summed E-state index contributed by atoms with van der Waals surface area (Å²) in [7, 11) is 0. The summed E-state index contributed by atoms with van der Waals surface area (Å²) < 4.78 is 4.92. The largest absolute Gasteiger partial charge is 0.466 e. The lowest BCUT2D eigenvalue weighted by Gasteiger charge is -2.07. The minimum Gasteiger partial charge on any atom is -0.466 e. The zero-order valence-corrected chi connectivity index (χ0v) is 10.8. The third-order valence-electron chi connectivity index (χ3n) is 2.54. The summed E-state index contributed by atoms with van der Waals surface area (Å²) in [6, 6.07) is 7.31. The van der Waals surface area contributed by atoms with Gasteiger partial charge in [0.2, 0.25) is 0 Å². The minimum absolute atomic E-state index is 0.143. The van der Waals surface area contributed by atoms with Gasteiger partial charge in [0.25, 0.3) is 0 Å². The first-order valence-electron chi connectivity index (χ1n) is 6.05. The molecule has 1 unspecified atom stereocenters. The Morgan fingerprint density at radius 1 is 1.39 bits per heavy atom. The lowest BCUT2D eigenvalue weighted by atomic mass is 10.1. The van der Waals surface area contributed by atoms with Crippen molar-refractivity contribution in [3.63, 3.8) is 0 Å². The van der Waals surface area contributed by atoms with E-state index in [9.17, 15) is 9.59 Å². The van der Waals surface area contributed by atoms with Gasteiger partial charge in [0, 0.05) is 5.56 Å². The number of hydrogen-bond donors (Lipinski definition) is 0. The van der Waals surface area contributed by atoms with Crippen LogP contribution in [0.5, 0.6) is 0 Å². The van der Waals surface area contributed by atoms with E-state index < -0.39 is 0 Å². The number of carbonyl (C=O) groups excluding carboxylic acids is 2. The average Bonchev–Trinajstić information content (AvgIpc) is 2.39. The zero-order valence-electron chi connectivity index (χ0n) is 10.8. The van der Waals surface area contributed by atoms with E-state index in [4.69, 9.17) is 4.74 Å². The molecular weight excluding hydrogens is 228 g/mol. The number of aldehydes is 1. The molecule has 0 saturated heterocycles. The summed E-state index contributed by atoms with van der Waals surface area (Å²) in [6.45, 7) is 4.05. The van der Waals surface area contributed by atoms with Gasteiger partial charge in [-0.25, -0.2) is 0 Å². The van der Waals surface area contributed by atoms with E-state index in [1.165, 1.54) is 0 Å². The maximum absolute atomic E-state index is 11.4. The molecule has 3 nitrogen and oxygen atoms in total. The van der Waals surface area contributed by atoms with Crippen LogP contribution in [-0.4, -0.2) is 18.9 Å². The average molecular weight is 246 g/mol. The molecule has 0 bridgehead atoms. The van der Waals surface area contributed by atoms with Gasteiger partial charge < -0.3 is 4.74 Å². The van der Waals surface area contributed by atoms with Gasteiger partial charge in [-0.05, 0) is 25.0 Å². The highest BCUT2D eigenvalue weighted by molar-refractivity contribution is 5.76. The molecule has 1 rings (SSSR count). The van der Waals surface area contributed by atoms with Gasteiger partial charge in [0.15, 0.2) is 0 Å². The van der Waals surface area contributed by atoms with Gasteiger partial charge >= 0.3 is 5.97 Å². The molecule has 0 aliphatic carbocycles. The molecule has 1 aromatic rings. The van der Waals surface area contributed by atoms with Gasteiger partial charge in [0.05, 0.1) is 12.5 Å². The van der Waals surface area contributed by atoms with Gasteiger partial charge in [-0.1, -0.05) is 37.3 Å². The molecule has 0 amide bonds. The first-order chi connectivity index (χ1) is 8.67. The number of benzene rings is 1. The van der Waals surface area contributed by atoms with Crippen molar-refractivity contribution in [1.29, 1.82) is 0 Å². The number of hydrogen-bond acceptors (Lipinski definition) is 3. The first-order valence-corrected chi connectivity index (χ1v) is 6.05. The Balaban J connectivity index is 2.53. The predicted molar refractivity (Wildman–Crippen MR) is 71.3 cm³/mol. The fourth-order valence-electron chi connectivity index (χ4n) is 1.52. The van der Waals surface area contributed by atoms with Crippen LogP contribution in [0.2, 0.25) is 0 Å². The number of esters is 1. The van der Waals surface area contributed by atoms with Crippen molar-refractivity contribution in [2.45, 2.75) is 20.3 Å². The van der Waals surface area contributed by atoms with Crippen molar-refractivity contribution in [2.75, 3.05) is 6.61 Å².